The zero-order chi connectivity index (χ0) is 20.9. The van der Waals surface area contributed by atoms with E-state index in [0.29, 0.717) is 18.7 Å². The number of carbonyl (C=O) groups is 1. The van der Waals surface area contributed by atoms with Crippen LogP contribution in [-0.2, 0) is 14.8 Å². The minimum absolute atomic E-state index is 0.0402. The molecule has 1 atom stereocenters. The molecule has 29 heavy (non-hydrogen) atoms. The molecule has 2 aromatic rings. The first-order valence-corrected chi connectivity index (χ1v) is 11.0. The normalized spacial score (nSPS) is 18.0. The Hall–Kier alpha value is -2.26. The number of benzene rings is 2. The molecule has 156 valence electrons. The number of rotatable bonds is 7. The third-order valence-electron chi connectivity index (χ3n) is 5.04. The van der Waals surface area contributed by atoms with Crippen molar-refractivity contribution in [2.24, 2.45) is 0 Å². The Bertz CT molecular complexity index is 917. The highest BCUT2D eigenvalue weighted by Crippen LogP contribution is 2.26. The first-order chi connectivity index (χ1) is 13.9. The van der Waals surface area contributed by atoms with Gasteiger partial charge in [-0.1, -0.05) is 30.3 Å². The molecule has 1 saturated heterocycles. The maximum absolute atomic E-state index is 13.2. The summed E-state index contributed by atoms with van der Waals surface area (Å²) in [6, 6.07) is 16.0. The molecule has 7 nitrogen and oxygen atoms in total. The summed E-state index contributed by atoms with van der Waals surface area (Å²) in [5.41, 5.74) is 1.57. The molecule has 0 radical (unpaired) electrons. The van der Waals surface area contributed by atoms with Crippen LogP contribution in [0.1, 0.15) is 22.0 Å². The van der Waals surface area contributed by atoms with Gasteiger partial charge in [-0.3, -0.25) is 4.79 Å². The smallest absolute Gasteiger partial charge is 0.254 e. The second-order valence-corrected chi connectivity index (χ2v) is 8.87. The quantitative estimate of drug-likeness (QED) is 0.695. The van der Waals surface area contributed by atoms with Gasteiger partial charge in [0.25, 0.3) is 5.91 Å². The van der Waals surface area contributed by atoms with Gasteiger partial charge in [0.1, 0.15) is 0 Å². The van der Waals surface area contributed by atoms with Crippen LogP contribution < -0.4 is 4.72 Å². The summed E-state index contributed by atoms with van der Waals surface area (Å²) in [6.07, 6.45) is 0. The molecule has 1 N–H and O–H groups in total. The molecule has 0 saturated carbocycles. The monoisotopic (exact) mass is 417 g/mol. The number of hydrogen-bond acceptors (Lipinski definition) is 5. The molecular weight excluding hydrogens is 390 g/mol. The van der Waals surface area contributed by atoms with Crippen molar-refractivity contribution >= 4 is 15.9 Å². The minimum Gasteiger partial charge on any atom is -0.383 e. The number of methoxy groups -OCH3 is 1. The van der Waals surface area contributed by atoms with Crippen LogP contribution in [0.5, 0.6) is 0 Å². The predicted octanol–water partition coefficient (Wildman–Crippen LogP) is 1.74. The van der Waals surface area contributed by atoms with Crippen LogP contribution in [0.15, 0.2) is 59.5 Å². The molecular formula is C21H27N3O4S. The Morgan fingerprint density at radius 1 is 1.10 bits per heavy atom. The standard InChI is InChI=1S/C21H27N3O4S/c1-23-13-14-24(20(16-23)17-6-4-3-5-7-17)21(25)18-8-10-19(11-9-18)29(26,27)22-12-15-28-2/h3-11,20,22H,12-16H2,1-2H3/t20-/m0/s1. The highest BCUT2D eigenvalue weighted by Gasteiger charge is 2.30. The molecule has 1 aliphatic rings. The van der Waals surface area contributed by atoms with E-state index in [1.165, 1.54) is 19.2 Å². The van der Waals surface area contributed by atoms with Crippen molar-refractivity contribution in [3.05, 3.63) is 65.7 Å². The largest absolute Gasteiger partial charge is 0.383 e. The molecule has 1 heterocycles. The summed E-state index contributed by atoms with van der Waals surface area (Å²) in [6.45, 7) is 2.66. The molecule has 0 spiro atoms. The van der Waals surface area contributed by atoms with Gasteiger partial charge in [0.15, 0.2) is 0 Å². The van der Waals surface area contributed by atoms with Crippen molar-refractivity contribution in [1.82, 2.24) is 14.5 Å². The van der Waals surface area contributed by atoms with Gasteiger partial charge in [0.05, 0.1) is 17.5 Å². The minimum atomic E-state index is -3.62. The molecule has 1 amide bonds. The molecule has 1 fully saturated rings. The number of ether oxygens (including phenoxy) is 1. The SMILES string of the molecule is COCCNS(=O)(=O)c1ccc(C(=O)N2CCN(C)C[C@H]2c2ccccc2)cc1. The number of sulfonamides is 1. The first-order valence-electron chi connectivity index (χ1n) is 9.55. The maximum Gasteiger partial charge on any atom is 0.254 e. The van der Waals surface area contributed by atoms with Gasteiger partial charge >= 0.3 is 0 Å². The number of likely N-dealkylation sites (N-methyl/N-ethyl adjacent to an activating group) is 1. The Morgan fingerprint density at radius 3 is 2.45 bits per heavy atom. The average molecular weight is 418 g/mol. The predicted molar refractivity (Wildman–Crippen MR) is 111 cm³/mol. The zero-order valence-electron chi connectivity index (χ0n) is 16.7. The summed E-state index contributed by atoms with van der Waals surface area (Å²) in [4.78, 5) is 17.4. The molecule has 8 heteroatoms. The number of hydrogen-bond donors (Lipinski definition) is 1. The van der Waals surface area contributed by atoms with E-state index in [0.717, 1.165) is 18.7 Å². The molecule has 1 aliphatic heterocycles. The van der Waals surface area contributed by atoms with E-state index in [4.69, 9.17) is 4.74 Å². The second-order valence-electron chi connectivity index (χ2n) is 7.10. The molecule has 0 aromatic heterocycles. The van der Waals surface area contributed by atoms with Gasteiger partial charge in [-0.25, -0.2) is 13.1 Å². The summed E-state index contributed by atoms with van der Waals surface area (Å²) in [5, 5.41) is 0. The summed E-state index contributed by atoms with van der Waals surface area (Å²) in [7, 11) is -0.0632. The lowest BCUT2D eigenvalue weighted by Crippen LogP contribution is -2.49. The third-order valence-corrected chi connectivity index (χ3v) is 6.52. The van der Waals surface area contributed by atoms with Crippen LogP contribution in [0.25, 0.3) is 0 Å². The van der Waals surface area contributed by atoms with Crippen LogP contribution in [0.3, 0.4) is 0 Å². The van der Waals surface area contributed by atoms with Gasteiger partial charge in [0.2, 0.25) is 10.0 Å². The topological polar surface area (TPSA) is 78.9 Å². The van der Waals surface area contributed by atoms with E-state index in [1.807, 2.05) is 42.3 Å². The number of amides is 1. The van der Waals surface area contributed by atoms with Crippen LogP contribution in [0.4, 0.5) is 0 Å². The lowest BCUT2D eigenvalue weighted by Gasteiger charge is -2.40. The van der Waals surface area contributed by atoms with Crippen molar-refractivity contribution in [3.8, 4) is 0 Å². The Morgan fingerprint density at radius 2 is 1.79 bits per heavy atom. The van der Waals surface area contributed by atoms with Gasteiger partial charge in [-0.2, -0.15) is 0 Å². The van der Waals surface area contributed by atoms with E-state index in [9.17, 15) is 13.2 Å². The van der Waals surface area contributed by atoms with Gasteiger partial charge in [-0.15, -0.1) is 0 Å². The Kier molecular flexibility index (Phi) is 7.02. The fourth-order valence-electron chi connectivity index (χ4n) is 3.43. The van der Waals surface area contributed by atoms with Crippen molar-refractivity contribution < 1.29 is 17.9 Å². The number of nitrogens with one attached hydrogen (secondary N) is 1. The van der Waals surface area contributed by atoms with E-state index in [2.05, 4.69) is 9.62 Å². The second kappa shape index (κ2) is 9.49. The zero-order valence-corrected chi connectivity index (χ0v) is 17.6. The van der Waals surface area contributed by atoms with Gasteiger partial charge in [0, 0.05) is 38.9 Å². The summed E-state index contributed by atoms with van der Waals surface area (Å²) in [5.74, 6) is -0.0942. The maximum atomic E-state index is 13.2. The van der Waals surface area contributed by atoms with E-state index in [-0.39, 0.29) is 23.4 Å². The number of carbonyl (C=O) groups excluding carboxylic acids is 1. The lowest BCUT2D eigenvalue weighted by molar-refractivity contribution is 0.0498. The summed E-state index contributed by atoms with van der Waals surface area (Å²) < 4.78 is 31.9. The van der Waals surface area contributed by atoms with E-state index in [1.54, 1.807) is 12.1 Å². The lowest BCUT2D eigenvalue weighted by atomic mass is 10.0. The van der Waals surface area contributed by atoms with Crippen LogP contribution in [-0.4, -0.2) is 71.1 Å². The van der Waals surface area contributed by atoms with Crippen molar-refractivity contribution in [3.63, 3.8) is 0 Å². The Balaban J connectivity index is 1.78. The third kappa shape index (κ3) is 5.22. The molecule has 2 aromatic carbocycles. The first kappa shape index (κ1) is 21.4. The van der Waals surface area contributed by atoms with Crippen LogP contribution >= 0.6 is 0 Å². The van der Waals surface area contributed by atoms with Crippen molar-refractivity contribution in [1.29, 1.82) is 0 Å². The fraction of sp³-hybridized carbons (Fsp3) is 0.381. The summed E-state index contributed by atoms with van der Waals surface area (Å²) >= 11 is 0. The molecule has 0 aliphatic carbocycles. The highest BCUT2D eigenvalue weighted by atomic mass is 32.2. The van der Waals surface area contributed by atoms with Gasteiger partial charge in [-0.05, 0) is 36.9 Å². The molecule has 0 bridgehead atoms. The van der Waals surface area contributed by atoms with Crippen LogP contribution in [0, 0.1) is 0 Å². The Labute approximate surface area is 172 Å². The van der Waals surface area contributed by atoms with E-state index < -0.39 is 10.0 Å². The van der Waals surface area contributed by atoms with E-state index >= 15 is 0 Å². The fourth-order valence-corrected chi connectivity index (χ4v) is 4.44. The van der Waals surface area contributed by atoms with Crippen molar-refractivity contribution in [2.45, 2.75) is 10.9 Å². The molecule has 0 unspecified atom stereocenters. The van der Waals surface area contributed by atoms with Gasteiger partial charge < -0.3 is 14.5 Å². The molecule has 3 rings (SSSR count). The number of nitrogens with zero attached hydrogens (tertiary/aromatic N) is 2. The highest BCUT2D eigenvalue weighted by molar-refractivity contribution is 7.89. The van der Waals surface area contributed by atoms with Crippen LogP contribution in [0.2, 0.25) is 0 Å². The number of piperazine rings is 1. The van der Waals surface area contributed by atoms with Crippen molar-refractivity contribution in [2.75, 3.05) is 46.9 Å². The average Bonchev–Trinajstić information content (AvgIpc) is 2.74.